The highest BCUT2D eigenvalue weighted by molar-refractivity contribution is 6.32. The van der Waals surface area contributed by atoms with Gasteiger partial charge in [0.05, 0.1) is 22.5 Å². The molecule has 0 aliphatic carbocycles. The molecule has 4 nitrogen and oxygen atoms in total. The Balaban J connectivity index is 2.15. The number of aryl methyl sites for hydroxylation is 1. The largest absolute Gasteiger partial charge is 0.452 e. The van der Waals surface area contributed by atoms with Gasteiger partial charge in [0, 0.05) is 24.4 Å². The molecule has 0 saturated carbocycles. The van der Waals surface area contributed by atoms with E-state index in [4.69, 9.17) is 27.6 Å². The van der Waals surface area contributed by atoms with E-state index in [0.29, 0.717) is 28.2 Å². The number of nitrogens with zero attached hydrogens (tertiary/aromatic N) is 2. The molecule has 0 spiro atoms. The van der Waals surface area contributed by atoms with Gasteiger partial charge in [-0.2, -0.15) is 13.2 Å². The molecule has 0 unspecified atom stereocenters. The highest BCUT2D eigenvalue weighted by atomic mass is 35.5. The first kappa shape index (κ1) is 17.7. The van der Waals surface area contributed by atoms with E-state index in [2.05, 4.69) is 10.4 Å². The van der Waals surface area contributed by atoms with Gasteiger partial charge in [0.2, 0.25) is 5.22 Å². The molecular formula is C16H12Cl2F3N3O. The van der Waals surface area contributed by atoms with Crippen molar-refractivity contribution in [3.05, 3.63) is 52.0 Å². The number of rotatable bonds is 3. The molecule has 0 aliphatic rings. The molecule has 2 heterocycles. The fraction of sp³-hybridized carbons (Fsp3) is 0.188. The van der Waals surface area contributed by atoms with E-state index in [9.17, 15) is 13.2 Å². The van der Waals surface area contributed by atoms with E-state index in [1.165, 1.54) is 10.9 Å². The van der Waals surface area contributed by atoms with Crippen molar-refractivity contribution in [1.29, 1.82) is 0 Å². The highest BCUT2D eigenvalue weighted by Gasteiger charge is 2.32. The summed E-state index contributed by atoms with van der Waals surface area (Å²) < 4.78 is 45.3. The molecule has 0 saturated heterocycles. The molecule has 0 radical (unpaired) electrons. The van der Waals surface area contributed by atoms with Crippen LogP contribution in [-0.2, 0) is 6.18 Å². The van der Waals surface area contributed by atoms with Crippen molar-refractivity contribution in [2.75, 3.05) is 12.4 Å². The zero-order valence-corrected chi connectivity index (χ0v) is 14.6. The molecule has 0 aliphatic heterocycles. The molecule has 3 aromatic rings. The number of alkyl halides is 3. The fourth-order valence-electron chi connectivity index (χ4n) is 2.55. The van der Waals surface area contributed by atoms with Gasteiger partial charge in [-0.1, -0.05) is 11.6 Å². The van der Waals surface area contributed by atoms with E-state index in [1.54, 1.807) is 26.2 Å². The van der Waals surface area contributed by atoms with Gasteiger partial charge in [-0.25, -0.2) is 4.68 Å². The molecule has 2 aromatic heterocycles. The van der Waals surface area contributed by atoms with E-state index < -0.39 is 11.7 Å². The average Bonchev–Trinajstić information content (AvgIpc) is 3.11. The van der Waals surface area contributed by atoms with E-state index in [1.807, 2.05) is 0 Å². The Morgan fingerprint density at radius 2 is 1.92 bits per heavy atom. The van der Waals surface area contributed by atoms with Gasteiger partial charge in [-0.15, -0.1) is 5.10 Å². The van der Waals surface area contributed by atoms with Crippen LogP contribution < -0.4 is 5.32 Å². The lowest BCUT2D eigenvalue weighted by molar-refractivity contribution is -0.137. The van der Waals surface area contributed by atoms with Gasteiger partial charge < -0.3 is 9.73 Å². The summed E-state index contributed by atoms with van der Waals surface area (Å²) in [4.78, 5) is 0. The Hall–Kier alpha value is -2.12. The maximum absolute atomic E-state index is 12.9. The summed E-state index contributed by atoms with van der Waals surface area (Å²) >= 11 is 12.1. The summed E-state index contributed by atoms with van der Waals surface area (Å²) in [5.74, 6) is 0.485. The molecule has 0 bridgehead atoms. The molecule has 1 N–H and O–H groups in total. The third-order valence-corrected chi connectivity index (χ3v) is 4.25. The molecule has 0 atom stereocenters. The zero-order chi connectivity index (χ0) is 18.4. The molecule has 0 amide bonds. The van der Waals surface area contributed by atoms with Crippen molar-refractivity contribution in [2.45, 2.75) is 13.1 Å². The monoisotopic (exact) mass is 389 g/mol. The van der Waals surface area contributed by atoms with Gasteiger partial charge >= 0.3 is 6.18 Å². The summed E-state index contributed by atoms with van der Waals surface area (Å²) in [7, 11) is 1.67. The number of hydrogen-bond donors (Lipinski definition) is 1. The highest BCUT2D eigenvalue weighted by Crippen LogP contribution is 2.38. The Morgan fingerprint density at radius 3 is 2.44 bits per heavy atom. The number of hydrogen-bond acceptors (Lipinski definition) is 3. The van der Waals surface area contributed by atoms with Gasteiger partial charge in [-0.3, -0.25) is 0 Å². The van der Waals surface area contributed by atoms with Crippen molar-refractivity contribution in [2.24, 2.45) is 0 Å². The third-order valence-electron chi connectivity index (χ3n) is 3.67. The lowest BCUT2D eigenvalue weighted by Crippen LogP contribution is -2.08. The summed E-state index contributed by atoms with van der Waals surface area (Å²) in [5.41, 5.74) is 1.14. The quantitative estimate of drug-likeness (QED) is 0.614. The molecule has 25 heavy (non-hydrogen) atoms. The van der Waals surface area contributed by atoms with Crippen LogP contribution in [0, 0.1) is 6.92 Å². The van der Waals surface area contributed by atoms with Crippen LogP contribution in [0.2, 0.25) is 10.2 Å². The minimum atomic E-state index is -4.47. The van der Waals surface area contributed by atoms with Crippen LogP contribution in [0.25, 0.3) is 16.8 Å². The number of furan rings is 1. The Morgan fingerprint density at radius 1 is 1.20 bits per heavy atom. The van der Waals surface area contributed by atoms with E-state index in [0.717, 1.165) is 12.1 Å². The van der Waals surface area contributed by atoms with Crippen molar-refractivity contribution in [1.82, 2.24) is 9.78 Å². The average molecular weight is 390 g/mol. The summed E-state index contributed by atoms with van der Waals surface area (Å²) in [6, 6.07) is 3.59. The summed E-state index contributed by atoms with van der Waals surface area (Å²) in [6.45, 7) is 1.54. The Labute approximate surface area is 151 Å². The first-order valence-electron chi connectivity index (χ1n) is 7.11. The van der Waals surface area contributed by atoms with Crippen LogP contribution in [0.4, 0.5) is 19.0 Å². The van der Waals surface area contributed by atoms with Crippen LogP contribution in [0.1, 0.15) is 11.1 Å². The lowest BCUT2D eigenvalue weighted by Gasteiger charge is -2.13. The number of aromatic nitrogens is 2. The van der Waals surface area contributed by atoms with Crippen LogP contribution in [-0.4, -0.2) is 16.8 Å². The van der Waals surface area contributed by atoms with Gasteiger partial charge in [0.1, 0.15) is 0 Å². The van der Waals surface area contributed by atoms with Crippen molar-refractivity contribution in [3.63, 3.8) is 0 Å². The normalized spacial score (nSPS) is 11.8. The number of anilines is 1. The first-order chi connectivity index (χ1) is 11.7. The summed E-state index contributed by atoms with van der Waals surface area (Å²) in [6.07, 6.45) is -1.41. The number of nitrogens with one attached hydrogen (secondary N) is 1. The van der Waals surface area contributed by atoms with E-state index in [-0.39, 0.29) is 10.2 Å². The Bertz CT molecular complexity index is 908. The predicted molar refractivity (Wildman–Crippen MR) is 90.6 cm³/mol. The minimum Gasteiger partial charge on any atom is -0.452 e. The van der Waals surface area contributed by atoms with Crippen LogP contribution in [0.15, 0.2) is 35.1 Å². The number of halogens is 5. The molecule has 1 aromatic carbocycles. The molecule has 0 fully saturated rings. The maximum atomic E-state index is 12.9. The van der Waals surface area contributed by atoms with Gasteiger partial charge in [0.15, 0.2) is 5.82 Å². The predicted octanol–water partition coefficient (Wildman–Crippen LogP) is 5.81. The van der Waals surface area contributed by atoms with E-state index >= 15 is 0 Å². The van der Waals surface area contributed by atoms with Gasteiger partial charge in [0.25, 0.3) is 0 Å². The summed E-state index contributed by atoms with van der Waals surface area (Å²) in [5, 5.41) is 7.40. The molecular weight excluding hydrogens is 378 g/mol. The van der Waals surface area contributed by atoms with Crippen molar-refractivity contribution in [3.8, 4) is 16.8 Å². The van der Waals surface area contributed by atoms with Gasteiger partial charge in [-0.05, 0) is 42.3 Å². The molecule has 3 rings (SSSR count). The van der Waals surface area contributed by atoms with Crippen LogP contribution in [0.3, 0.4) is 0 Å². The standard InChI is InChI=1S/C16H12Cl2F3N3O/c1-8-5-9(16(19,20)21)6-12(17)13(8)24-7-11(15(22-2)23-24)10-3-4-25-14(10)18/h3-7H,1-2H3,(H,22,23). The second-order valence-electron chi connectivity index (χ2n) is 5.32. The molecule has 9 heteroatoms. The smallest absolute Gasteiger partial charge is 0.416 e. The lowest BCUT2D eigenvalue weighted by atomic mass is 10.1. The Kier molecular flexibility index (Phi) is 4.47. The number of benzene rings is 1. The van der Waals surface area contributed by atoms with Crippen LogP contribution in [0.5, 0.6) is 0 Å². The zero-order valence-electron chi connectivity index (χ0n) is 13.1. The second-order valence-corrected chi connectivity index (χ2v) is 6.07. The van der Waals surface area contributed by atoms with Crippen molar-refractivity contribution >= 4 is 29.0 Å². The maximum Gasteiger partial charge on any atom is 0.416 e. The topological polar surface area (TPSA) is 43.0 Å². The second kappa shape index (κ2) is 6.31. The SMILES string of the molecule is CNc1nn(-c2c(C)cc(C(F)(F)F)cc2Cl)cc1-c1ccoc1Cl. The first-order valence-corrected chi connectivity index (χ1v) is 7.86. The fourth-order valence-corrected chi connectivity index (χ4v) is 3.12. The molecule has 132 valence electrons. The minimum absolute atomic E-state index is 0.0534. The third kappa shape index (κ3) is 3.21. The van der Waals surface area contributed by atoms with Crippen molar-refractivity contribution < 1.29 is 17.6 Å². The van der Waals surface area contributed by atoms with Crippen LogP contribution >= 0.6 is 23.2 Å².